The largest absolute Gasteiger partial charge is 0.497 e. The van der Waals surface area contributed by atoms with Crippen molar-refractivity contribution in [1.82, 2.24) is 0 Å². The molecular weight excluding hydrogens is 268 g/mol. The number of rotatable bonds is 4. The first kappa shape index (κ1) is 13.5. The SMILES string of the molecule is COc1cccc(CC2Oc3ccc(OC)cc3C2=O)c1. The summed E-state index contributed by atoms with van der Waals surface area (Å²) in [5.41, 5.74) is 1.59. The maximum Gasteiger partial charge on any atom is 0.207 e. The highest BCUT2D eigenvalue weighted by Crippen LogP contribution is 2.33. The van der Waals surface area contributed by atoms with Crippen LogP contribution in [0.5, 0.6) is 17.2 Å². The molecule has 2 aromatic carbocycles. The van der Waals surface area contributed by atoms with Crippen molar-refractivity contribution < 1.29 is 19.0 Å². The van der Waals surface area contributed by atoms with E-state index in [2.05, 4.69) is 0 Å². The first-order chi connectivity index (χ1) is 10.2. The van der Waals surface area contributed by atoms with Crippen molar-refractivity contribution in [2.75, 3.05) is 14.2 Å². The van der Waals surface area contributed by atoms with Crippen LogP contribution >= 0.6 is 0 Å². The summed E-state index contributed by atoms with van der Waals surface area (Å²) in [6, 6.07) is 13.0. The average Bonchev–Trinajstić information content (AvgIpc) is 2.83. The topological polar surface area (TPSA) is 44.8 Å². The Kier molecular flexibility index (Phi) is 3.52. The second-order valence-corrected chi connectivity index (χ2v) is 4.89. The Labute approximate surface area is 123 Å². The highest BCUT2D eigenvalue weighted by Gasteiger charge is 2.32. The minimum atomic E-state index is -0.487. The number of hydrogen-bond donors (Lipinski definition) is 0. The molecule has 0 aromatic heterocycles. The standard InChI is InChI=1S/C17H16O4/c1-19-12-5-3-4-11(8-12)9-16-17(18)14-10-13(20-2)6-7-15(14)21-16/h3-8,10,16H,9H2,1-2H3. The number of carbonyl (C=O) groups excluding carboxylic acids is 1. The van der Waals surface area contributed by atoms with Crippen molar-refractivity contribution in [1.29, 1.82) is 0 Å². The van der Waals surface area contributed by atoms with E-state index in [-0.39, 0.29) is 5.78 Å². The molecule has 1 aliphatic heterocycles. The van der Waals surface area contributed by atoms with Gasteiger partial charge in [-0.1, -0.05) is 12.1 Å². The van der Waals surface area contributed by atoms with Gasteiger partial charge in [-0.05, 0) is 35.9 Å². The fourth-order valence-electron chi connectivity index (χ4n) is 2.46. The molecule has 2 aromatic rings. The Morgan fingerprint density at radius 1 is 1.05 bits per heavy atom. The van der Waals surface area contributed by atoms with Crippen LogP contribution in [0, 0.1) is 0 Å². The third kappa shape index (κ3) is 2.57. The molecule has 0 saturated heterocycles. The van der Waals surface area contributed by atoms with E-state index in [1.165, 1.54) is 0 Å². The molecule has 108 valence electrons. The first-order valence-corrected chi connectivity index (χ1v) is 6.73. The number of Topliss-reactive ketones (excluding diaryl/α,β-unsaturated/α-hetero) is 1. The molecule has 0 saturated carbocycles. The Bertz CT molecular complexity index is 678. The Hall–Kier alpha value is -2.49. The van der Waals surface area contributed by atoms with E-state index in [9.17, 15) is 4.79 Å². The van der Waals surface area contributed by atoms with Gasteiger partial charge in [-0.25, -0.2) is 0 Å². The Balaban J connectivity index is 1.81. The molecule has 4 heteroatoms. The van der Waals surface area contributed by atoms with E-state index >= 15 is 0 Å². The summed E-state index contributed by atoms with van der Waals surface area (Å²) in [5.74, 6) is 2.05. The molecule has 0 amide bonds. The zero-order chi connectivity index (χ0) is 14.8. The molecule has 0 aliphatic carbocycles. The monoisotopic (exact) mass is 284 g/mol. The van der Waals surface area contributed by atoms with Crippen LogP contribution in [0.1, 0.15) is 15.9 Å². The third-order valence-electron chi connectivity index (χ3n) is 3.57. The lowest BCUT2D eigenvalue weighted by Gasteiger charge is -2.10. The highest BCUT2D eigenvalue weighted by atomic mass is 16.5. The molecule has 3 rings (SSSR count). The van der Waals surface area contributed by atoms with E-state index in [0.717, 1.165) is 11.3 Å². The molecule has 1 aliphatic rings. The quantitative estimate of drug-likeness (QED) is 0.866. The second kappa shape index (κ2) is 5.48. The van der Waals surface area contributed by atoms with Gasteiger partial charge in [0.25, 0.3) is 0 Å². The van der Waals surface area contributed by atoms with Gasteiger partial charge in [0.2, 0.25) is 5.78 Å². The summed E-state index contributed by atoms with van der Waals surface area (Å²) in [4.78, 5) is 12.4. The predicted octanol–water partition coefficient (Wildman–Crippen LogP) is 2.89. The van der Waals surface area contributed by atoms with Crippen molar-refractivity contribution in [2.24, 2.45) is 0 Å². The van der Waals surface area contributed by atoms with Crippen molar-refractivity contribution in [3.63, 3.8) is 0 Å². The number of benzene rings is 2. The van der Waals surface area contributed by atoms with E-state index in [4.69, 9.17) is 14.2 Å². The summed E-state index contributed by atoms with van der Waals surface area (Å²) in [7, 11) is 3.20. The van der Waals surface area contributed by atoms with Crippen LogP contribution in [0.4, 0.5) is 0 Å². The molecule has 1 heterocycles. The van der Waals surface area contributed by atoms with Gasteiger partial charge in [0, 0.05) is 6.42 Å². The van der Waals surface area contributed by atoms with Crippen LogP contribution in [0.15, 0.2) is 42.5 Å². The predicted molar refractivity (Wildman–Crippen MR) is 78.4 cm³/mol. The number of hydrogen-bond acceptors (Lipinski definition) is 4. The van der Waals surface area contributed by atoms with Gasteiger partial charge in [-0.3, -0.25) is 4.79 Å². The molecule has 0 fully saturated rings. The lowest BCUT2D eigenvalue weighted by atomic mass is 10.0. The minimum Gasteiger partial charge on any atom is -0.497 e. The van der Waals surface area contributed by atoms with Crippen molar-refractivity contribution >= 4 is 5.78 Å². The van der Waals surface area contributed by atoms with Crippen molar-refractivity contribution in [2.45, 2.75) is 12.5 Å². The summed E-state index contributed by atoms with van der Waals surface area (Å²) >= 11 is 0. The number of ketones is 1. The van der Waals surface area contributed by atoms with Gasteiger partial charge >= 0.3 is 0 Å². The van der Waals surface area contributed by atoms with E-state index in [1.807, 2.05) is 24.3 Å². The average molecular weight is 284 g/mol. The molecule has 0 spiro atoms. The first-order valence-electron chi connectivity index (χ1n) is 6.73. The smallest absolute Gasteiger partial charge is 0.207 e. The zero-order valence-electron chi connectivity index (χ0n) is 12.0. The Morgan fingerprint density at radius 3 is 2.57 bits per heavy atom. The van der Waals surface area contributed by atoms with Gasteiger partial charge in [0.05, 0.1) is 19.8 Å². The van der Waals surface area contributed by atoms with Gasteiger partial charge in [0.1, 0.15) is 17.2 Å². The lowest BCUT2D eigenvalue weighted by Crippen LogP contribution is -2.23. The van der Waals surface area contributed by atoms with E-state index < -0.39 is 6.10 Å². The van der Waals surface area contributed by atoms with Crippen LogP contribution < -0.4 is 14.2 Å². The van der Waals surface area contributed by atoms with Gasteiger partial charge in [-0.15, -0.1) is 0 Å². The summed E-state index contributed by atoms with van der Waals surface area (Å²) in [5, 5.41) is 0. The number of carbonyl (C=O) groups is 1. The molecule has 0 bridgehead atoms. The fourth-order valence-corrected chi connectivity index (χ4v) is 2.46. The summed E-state index contributed by atoms with van der Waals surface area (Å²) in [6.45, 7) is 0. The van der Waals surface area contributed by atoms with Crippen LogP contribution in [0.3, 0.4) is 0 Å². The maximum absolute atomic E-state index is 12.4. The van der Waals surface area contributed by atoms with Crippen LogP contribution in [-0.2, 0) is 6.42 Å². The summed E-state index contributed by atoms with van der Waals surface area (Å²) in [6.07, 6.45) is 0.0340. The normalized spacial score (nSPS) is 16.3. The highest BCUT2D eigenvalue weighted by molar-refractivity contribution is 6.05. The van der Waals surface area contributed by atoms with Crippen LogP contribution in [0.25, 0.3) is 0 Å². The van der Waals surface area contributed by atoms with Crippen molar-refractivity contribution in [3.8, 4) is 17.2 Å². The zero-order valence-corrected chi connectivity index (χ0v) is 12.0. The molecule has 0 radical (unpaired) electrons. The Morgan fingerprint density at radius 2 is 1.81 bits per heavy atom. The molecule has 21 heavy (non-hydrogen) atoms. The fraction of sp³-hybridized carbons (Fsp3) is 0.235. The van der Waals surface area contributed by atoms with Gasteiger partial charge < -0.3 is 14.2 Å². The number of fused-ring (bicyclic) bond motifs is 1. The van der Waals surface area contributed by atoms with E-state index in [0.29, 0.717) is 23.5 Å². The van der Waals surface area contributed by atoms with E-state index in [1.54, 1.807) is 32.4 Å². The molecule has 4 nitrogen and oxygen atoms in total. The summed E-state index contributed by atoms with van der Waals surface area (Å²) < 4.78 is 16.1. The minimum absolute atomic E-state index is 0.00767. The van der Waals surface area contributed by atoms with Crippen LogP contribution in [0.2, 0.25) is 0 Å². The van der Waals surface area contributed by atoms with Crippen LogP contribution in [-0.4, -0.2) is 26.1 Å². The van der Waals surface area contributed by atoms with Gasteiger partial charge in [0.15, 0.2) is 6.10 Å². The lowest BCUT2D eigenvalue weighted by molar-refractivity contribution is 0.0857. The molecule has 1 unspecified atom stereocenters. The second-order valence-electron chi connectivity index (χ2n) is 4.89. The number of methoxy groups -OCH3 is 2. The van der Waals surface area contributed by atoms with Crippen molar-refractivity contribution in [3.05, 3.63) is 53.6 Å². The maximum atomic E-state index is 12.4. The molecule has 0 N–H and O–H groups in total. The third-order valence-corrected chi connectivity index (χ3v) is 3.57. The number of ether oxygens (including phenoxy) is 3. The molecular formula is C17H16O4. The molecule has 1 atom stereocenters. The van der Waals surface area contributed by atoms with Gasteiger partial charge in [-0.2, -0.15) is 0 Å².